The first-order valence-corrected chi connectivity index (χ1v) is 4.51. The van der Waals surface area contributed by atoms with Crippen LogP contribution in [0.1, 0.15) is 25.6 Å². The molecule has 0 aliphatic rings. The summed E-state index contributed by atoms with van der Waals surface area (Å²) in [5.74, 6) is 6.30. The van der Waals surface area contributed by atoms with Gasteiger partial charge in [0.15, 0.2) is 0 Å². The number of hydrogen-bond acceptors (Lipinski definition) is 5. The molecule has 1 aromatic rings. The van der Waals surface area contributed by atoms with Gasteiger partial charge in [-0.3, -0.25) is 16.3 Å². The zero-order valence-electron chi connectivity index (χ0n) is 8.69. The van der Waals surface area contributed by atoms with Crippen LogP contribution < -0.4 is 16.0 Å². The van der Waals surface area contributed by atoms with Crippen molar-refractivity contribution in [3.63, 3.8) is 0 Å². The second kappa shape index (κ2) is 4.88. The predicted octanol–water partition coefficient (Wildman–Crippen LogP) is 0.646. The molecule has 0 aliphatic heterocycles. The second-order valence-electron chi connectivity index (χ2n) is 3.34. The Morgan fingerprint density at radius 2 is 2.00 bits per heavy atom. The van der Waals surface area contributed by atoms with Gasteiger partial charge in [-0.15, -0.1) is 0 Å². The number of nitrogens with one attached hydrogen (secondary N) is 1. The van der Waals surface area contributed by atoms with E-state index in [0.717, 1.165) is 5.69 Å². The van der Waals surface area contributed by atoms with Crippen LogP contribution in [0.3, 0.4) is 0 Å². The number of hydrogen-bond donors (Lipinski definition) is 2. The number of methoxy groups -OCH3 is 1. The fourth-order valence-electron chi connectivity index (χ4n) is 1.29. The van der Waals surface area contributed by atoms with E-state index in [9.17, 15) is 0 Å². The fourth-order valence-corrected chi connectivity index (χ4v) is 1.29. The van der Waals surface area contributed by atoms with Gasteiger partial charge in [-0.2, -0.15) is 0 Å². The van der Waals surface area contributed by atoms with Gasteiger partial charge in [-0.25, -0.2) is 4.98 Å². The molecule has 0 saturated carbocycles. The zero-order chi connectivity index (χ0) is 10.6. The molecular formula is C9H16N4O. The number of hydrazine groups is 1. The fraction of sp³-hybridized carbons (Fsp3) is 0.556. The minimum Gasteiger partial charge on any atom is -0.480 e. The predicted molar refractivity (Wildman–Crippen MR) is 53.5 cm³/mol. The lowest BCUT2D eigenvalue weighted by Gasteiger charge is -2.20. The molecular weight excluding hydrogens is 180 g/mol. The number of aromatic nitrogens is 2. The van der Waals surface area contributed by atoms with Crippen LogP contribution in [0, 0.1) is 5.92 Å². The van der Waals surface area contributed by atoms with Gasteiger partial charge in [0.1, 0.15) is 5.69 Å². The van der Waals surface area contributed by atoms with E-state index in [-0.39, 0.29) is 6.04 Å². The molecule has 5 nitrogen and oxygen atoms in total. The van der Waals surface area contributed by atoms with E-state index in [2.05, 4.69) is 29.2 Å². The first kappa shape index (κ1) is 10.9. The Kier molecular flexibility index (Phi) is 3.79. The van der Waals surface area contributed by atoms with Gasteiger partial charge in [0, 0.05) is 12.4 Å². The van der Waals surface area contributed by atoms with Crippen molar-refractivity contribution in [2.75, 3.05) is 7.11 Å². The number of ether oxygens (including phenoxy) is 1. The summed E-state index contributed by atoms with van der Waals surface area (Å²) in [5, 5.41) is 0. The molecule has 0 aliphatic carbocycles. The molecule has 5 heteroatoms. The molecule has 1 atom stereocenters. The SMILES string of the molecule is COc1nccnc1C(NN)C(C)C. The van der Waals surface area contributed by atoms with Crippen molar-refractivity contribution in [3.8, 4) is 5.88 Å². The van der Waals surface area contributed by atoms with E-state index in [1.807, 2.05) is 0 Å². The van der Waals surface area contributed by atoms with Crippen molar-refractivity contribution in [2.24, 2.45) is 11.8 Å². The summed E-state index contributed by atoms with van der Waals surface area (Å²) < 4.78 is 5.11. The minimum absolute atomic E-state index is 0.0429. The van der Waals surface area contributed by atoms with E-state index in [0.29, 0.717) is 11.8 Å². The summed E-state index contributed by atoms with van der Waals surface area (Å²) in [4.78, 5) is 8.28. The van der Waals surface area contributed by atoms with Crippen LogP contribution in [-0.4, -0.2) is 17.1 Å². The summed E-state index contributed by atoms with van der Waals surface area (Å²) in [6.45, 7) is 4.11. The molecule has 3 N–H and O–H groups in total. The molecule has 0 bridgehead atoms. The van der Waals surface area contributed by atoms with E-state index in [1.165, 1.54) is 0 Å². The summed E-state index contributed by atoms with van der Waals surface area (Å²) in [5.41, 5.74) is 3.45. The molecule has 0 amide bonds. The first-order chi connectivity index (χ1) is 6.70. The molecule has 0 aromatic carbocycles. The van der Waals surface area contributed by atoms with Crippen molar-refractivity contribution in [2.45, 2.75) is 19.9 Å². The number of nitrogens with two attached hydrogens (primary N) is 1. The molecule has 0 spiro atoms. The summed E-state index contributed by atoms with van der Waals surface area (Å²) in [6.07, 6.45) is 3.22. The smallest absolute Gasteiger partial charge is 0.237 e. The van der Waals surface area contributed by atoms with E-state index in [4.69, 9.17) is 10.6 Å². The monoisotopic (exact) mass is 196 g/mol. The summed E-state index contributed by atoms with van der Waals surface area (Å²) in [6, 6.07) is -0.0429. The van der Waals surface area contributed by atoms with Gasteiger partial charge >= 0.3 is 0 Å². The maximum atomic E-state index is 5.46. The average Bonchev–Trinajstić information content (AvgIpc) is 2.19. The lowest BCUT2D eigenvalue weighted by atomic mass is 10.0. The van der Waals surface area contributed by atoms with Gasteiger partial charge in [0.05, 0.1) is 13.2 Å². The van der Waals surface area contributed by atoms with Crippen molar-refractivity contribution in [1.29, 1.82) is 0 Å². The molecule has 1 unspecified atom stereocenters. The Balaban J connectivity index is 3.02. The molecule has 1 rings (SSSR count). The van der Waals surface area contributed by atoms with E-state index in [1.54, 1.807) is 19.5 Å². The van der Waals surface area contributed by atoms with Crippen LogP contribution in [0.2, 0.25) is 0 Å². The molecule has 0 saturated heterocycles. The minimum atomic E-state index is -0.0429. The normalized spacial score (nSPS) is 12.9. The van der Waals surface area contributed by atoms with Gasteiger partial charge in [0.25, 0.3) is 0 Å². The van der Waals surface area contributed by atoms with Crippen molar-refractivity contribution in [1.82, 2.24) is 15.4 Å². The zero-order valence-corrected chi connectivity index (χ0v) is 8.69. The number of nitrogens with zero attached hydrogens (tertiary/aromatic N) is 2. The van der Waals surface area contributed by atoms with Crippen LogP contribution in [0.5, 0.6) is 5.88 Å². The highest BCUT2D eigenvalue weighted by Crippen LogP contribution is 2.24. The third-order valence-electron chi connectivity index (χ3n) is 2.03. The largest absolute Gasteiger partial charge is 0.480 e. The second-order valence-corrected chi connectivity index (χ2v) is 3.34. The molecule has 1 aromatic heterocycles. The highest BCUT2D eigenvalue weighted by atomic mass is 16.5. The van der Waals surface area contributed by atoms with Gasteiger partial charge in [-0.05, 0) is 5.92 Å². The quantitative estimate of drug-likeness (QED) is 0.546. The van der Waals surface area contributed by atoms with Crippen molar-refractivity contribution in [3.05, 3.63) is 18.1 Å². The van der Waals surface area contributed by atoms with Crippen LogP contribution in [0.15, 0.2) is 12.4 Å². The Bertz CT molecular complexity index is 290. The summed E-state index contributed by atoms with van der Waals surface area (Å²) in [7, 11) is 1.57. The Labute approximate surface area is 83.7 Å². The standard InChI is InChI=1S/C9H16N4O/c1-6(2)7(13-10)8-9(14-3)12-5-4-11-8/h4-7,13H,10H2,1-3H3. The first-order valence-electron chi connectivity index (χ1n) is 4.51. The Morgan fingerprint density at radius 3 is 2.50 bits per heavy atom. The van der Waals surface area contributed by atoms with Gasteiger partial charge < -0.3 is 4.74 Å². The number of rotatable bonds is 4. The summed E-state index contributed by atoms with van der Waals surface area (Å²) >= 11 is 0. The van der Waals surface area contributed by atoms with Gasteiger partial charge in [-0.1, -0.05) is 13.8 Å². The van der Waals surface area contributed by atoms with E-state index < -0.39 is 0 Å². The van der Waals surface area contributed by atoms with Crippen LogP contribution >= 0.6 is 0 Å². The van der Waals surface area contributed by atoms with Crippen molar-refractivity contribution >= 4 is 0 Å². The molecule has 0 fully saturated rings. The molecule has 14 heavy (non-hydrogen) atoms. The van der Waals surface area contributed by atoms with Crippen LogP contribution in [0.4, 0.5) is 0 Å². The highest BCUT2D eigenvalue weighted by molar-refractivity contribution is 5.21. The van der Waals surface area contributed by atoms with Crippen LogP contribution in [-0.2, 0) is 0 Å². The topological polar surface area (TPSA) is 73.1 Å². The lowest BCUT2D eigenvalue weighted by Crippen LogP contribution is -2.32. The average molecular weight is 196 g/mol. The Morgan fingerprint density at radius 1 is 1.36 bits per heavy atom. The third kappa shape index (κ3) is 2.18. The molecule has 1 heterocycles. The van der Waals surface area contributed by atoms with Gasteiger partial charge in [0.2, 0.25) is 5.88 Å². The maximum absolute atomic E-state index is 5.46. The highest BCUT2D eigenvalue weighted by Gasteiger charge is 2.20. The molecule has 78 valence electrons. The van der Waals surface area contributed by atoms with Crippen LogP contribution in [0.25, 0.3) is 0 Å². The maximum Gasteiger partial charge on any atom is 0.237 e. The third-order valence-corrected chi connectivity index (χ3v) is 2.03. The molecule has 0 radical (unpaired) electrons. The van der Waals surface area contributed by atoms with Crippen molar-refractivity contribution < 1.29 is 4.74 Å². The Hall–Kier alpha value is -1.20. The lowest BCUT2D eigenvalue weighted by molar-refractivity contribution is 0.353. The van der Waals surface area contributed by atoms with E-state index >= 15 is 0 Å².